The summed E-state index contributed by atoms with van der Waals surface area (Å²) in [5.74, 6) is 2.15. The smallest absolute Gasteiger partial charge is 0.175 e. The Hall–Kier alpha value is -3.68. The molecule has 0 radical (unpaired) electrons. The maximum atomic E-state index is 6.23. The van der Waals surface area contributed by atoms with Gasteiger partial charge in [-0.1, -0.05) is 23.4 Å². The summed E-state index contributed by atoms with van der Waals surface area (Å²) in [6.07, 6.45) is 1.43. The molecule has 3 heterocycles. The molecular weight excluding hydrogens is 330 g/mol. The zero-order valence-electron chi connectivity index (χ0n) is 14.3. The van der Waals surface area contributed by atoms with Crippen molar-refractivity contribution in [3.63, 3.8) is 0 Å². The van der Waals surface area contributed by atoms with Crippen LogP contribution in [0.1, 0.15) is 11.5 Å². The Morgan fingerprint density at radius 1 is 1.00 bits per heavy atom. The molecule has 130 valence electrons. The monoisotopic (exact) mass is 347 g/mol. The first-order valence-electron chi connectivity index (χ1n) is 8.04. The first kappa shape index (κ1) is 15.8. The molecule has 4 aromatic rings. The molecule has 0 saturated heterocycles. The van der Waals surface area contributed by atoms with E-state index in [-0.39, 0.29) is 0 Å². The van der Waals surface area contributed by atoms with Crippen molar-refractivity contribution < 1.29 is 4.52 Å². The van der Waals surface area contributed by atoms with Gasteiger partial charge in [0.15, 0.2) is 17.5 Å². The number of pyridine rings is 1. The largest absolute Gasteiger partial charge is 0.393 e. The fourth-order valence-electron chi connectivity index (χ4n) is 2.61. The number of nitrogens with two attached hydrogens (primary N) is 1. The van der Waals surface area contributed by atoms with Crippen molar-refractivity contribution in [2.75, 3.05) is 16.4 Å². The molecule has 0 atom stereocenters. The second kappa shape index (κ2) is 6.32. The molecule has 0 aliphatic carbocycles. The van der Waals surface area contributed by atoms with Gasteiger partial charge in [0.25, 0.3) is 0 Å². The number of aromatic nitrogens is 4. The van der Waals surface area contributed by atoms with Crippen LogP contribution in [0.4, 0.5) is 28.8 Å². The summed E-state index contributed by atoms with van der Waals surface area (Å²) in [5.41, 5.74) is 9.21. The van der Waals surface area contributed by atoms with Crippen molar-refractivity contribution in [3.05, 3.63) is 54.2 Å². The van der Waals surface area contributed by atoms with Crippen molar-refractivity contribution >= 4 is 39.7 Å². The Bertz CT molecular complexity index is 1090. The van der Waals surface area contributed by atoms with Crippen LogP contribution in [0.2, 0.25) is 0 Å². The molecule has 0 unspecified atom stereocenters. The van der Waals surface area contributed by atoms with E-state index in [9.17, 15) is 0 Å². The fourth-order valence-corrected chi connectivity index (χ4v) is 2.61. The highest BCUT2D eigenvalue weighted by molar-refractivity contribution is 5.93. The van der Waals surface area contributed by atoms with E-state index in [1.165, 1.54) is 6.33 Å². The number of benzene rings is 1. The molecule has 0 saturated carbocycles. The molecule has 4 N–H and O–H groups in total. The Morgan fingerprint density at radius 3 is 2.58 bits per heavy atom. The molecule has 1 aromatic carbocycles. The van der Waals surface area contributed by atoms with Crippen LogP contribution in [-0.4, -0.2) is 20.1 Å². The Balaban J connectivity index is 1.69. The van der Waals surface area contributed by atoms with Crippen LogP contribution >= 0.6 is 0 Å². The number of aryl methyl sites for hydroxylation is 2. The molecule has 8 nitrogen and oxygen atoms in total. The van der Waals surface area contributed by atoms with Gasteiger partial charge in [0.1, 0.15) is 17.8 Å². The molecular formula is C18H17N7O. The van der Waals surface area contributed by atoms with Gasteiger partial charge in [-0.25, -0.2) is 9.97 Å². The lowest BCUT2D eigenvalue weighted by Crippen LogP contribution is -2.05. The summed E-state index contributed by atoms with van der Waals surface area (Å²) < 4.78 is 5.04. The number of nitrogen functional groups attached to an aromatic ring is 1. The van der Waals surface area contributed by atoms with Gasteiger partial charge in [-0.3, -0.25) is 4.98 Å². The fraction of sp³-hybridized carbons (Fsp3) is 0.111. The van der Waals surface area contributed by atoms with E-state index in [1.807, 2.05) is 44.2 Å². The average Bonchev–Trinajstić information content (AvgIpc) is 3.04. The van der Waals surface area contributed by atoms with Gasteiger partial charge >= 0.3 is 0 Å². The SMILES string of the molecule is Cc1ccc2cccc(Nc3ncnc(Nc4cc(C)on4)c3N)c2n1. The van der Waals surface area contributed by atoms with E-state index in [2.05, 4.69) is 30.7 Å². The van der Waals surface area contributed by atoms with Gasteiger partial charge in [-0.05, 0) is 26.0 Å². The van der Waals surface area contributed by atoms with Gasteiger partial charge in [0.05, 0.1) is 11.2 Å². The second-order valence-electron chi connectivity index (χ2n) is 5.89. The van der Waals surface area contributed by atoms with Crippen molar-refractivity contribution in [3.8, 4) is 0 Å². The summed E-state index contributed by atoms with van der Waals surface area (Å²) in [4.78, 5) is 13.0. The molecule has 0 bridgehead atoms. The van der Waals surface area contributed by atoms with Crippen LogP contribution in [0.3, 0.4) is 0 Å². The summed E-state index contributed by atoms with van der Waals surface area (Å²) in [6.45, 7) is 3.77. The number of hydrogen-bond donors (Lipinski definition) is 3. The normalized spacial score (nSPS) is 10.8. The van der Waals surface area contributed by atoms with Gasteiger partial charge in [0.2, 0.25) is 0 Å². The summed E-state index contributed by atoms with van der Waals surface area (Å²) in [6, 6.07) is 11.7. The predicted molar refractivity (Wildman–Crippen MR) is 101 cm³/mol. The Labute approximate surface area is 149 Å². The molecule has 0 fully saturated rings. The van der Waals surface area contributed by atoms with Gasteiger partial charge < -0.3 is 20.9 Å². The number of para-hydroxylation sites is 1. The molecule has 3 aromatic heterocycles. The summed E-state index contributed by atoms with van der Waals surface area (Å²) >= 11 is 0. The lowest BCUT2D eigenvalue weighted by molar-refractivity contribution is 0.400. The first-order chi connectivity index (χ1) is 12.6. The van der Waals surface area contributed by atoms with Crippen LogP contribution in [0, 0.1) is 13.8 Å². The van der Waals surface area contributed by atoms with E-state index in [0.29, 0.717) is 28.9 Å². The van der Waals surface area contributed by atoms with Crippen molar-refractivity contribution in [2.24, 2.45) is 0 Å². The molecule has 0 spiro atoms. The minimum Gasteiger partial charge on any atom is -0.393 e. The lowest BCUT2D eigenvalue weighted by Gasteiger charge is -2.13. The molecule has 8 heteroatoms. The number of rotatable bonds is 4. The second-order valence-corrected chi connectivity index (χ2v) is 5.89. The highest BCUT2D eigenvalue weighted by atomic mass is 16.5. The topological polar surface area (TPSA) is 115 Å². The third-order valence-electron chi connectivity index (χ3n) is 3.87. The third kappa shape index (κ3) is 3.00. The van der Waals surface area contributed by atoms with Crippen molar-refractivity contribution in [2.45, 2.75) is 13.8 Å². The minimum atomic E-state index is 0.373. The van der Waals surface area contributed by atoms with E-state index >= 15 is 0 Å². The molecule has 4 rings (SSSR count). The first-order valence-corrected chi connectivity index (χ1v) is 8.04. The zero-order valence-corrected chi connectivity index (χ0v) is 14.3. The Kier molecular flexibility index (Phi) is 3.85. The number of hydrogen-bond acceptors (Lipinski definition) is 8. The molecule has 0 aliphatic rings. The van der Waals surface area contributed by atoms with Crippen LogP contribution in [0.15, 0.2) is 47.2 Å². The minimum absolute atomic E-state index is 0.373. The number of nitrogens with zero attached hydrogens (tertiary/aromatic N) is 4. The highest BCUT2D eigenvalue weighted by Gasteiger charge is 2.12. The molecule has 26 heavy (non-hydrogen) atoms. The van der Waals surface area contributed by atoms with Crippen LogP contribution in [-0.2, 0) is 0 Å². The lowest BCUT2D eigenvalue weighted by atomic mass is 10.1. The standard InChI is InChI=1S/C18H17N7O/c1-10-6-7-12-4-3-5-13(16(12)22-10)23-17-15(19)18(21-9-20-17)24-14-8-11(2)26-25-14/h3-9H,19H2,1-2H3,(H2,20,21,23,24,25). The highest BCUT2D eigenvalue weighted by Crippen LogP contribution is 2.30. The third-order valence-corrected chi connectivity index (χ3v) is 3.87. The van der Waals surface area contributed by atoms with Crippen molar-refractivity contribution in [1.82, 2.24) is 20.1 Å². The summed E-state index contributed by atoms with van der Waals surface area (Å²) in [5, 5.41) is 11.2. The van der Waals surface area contributed by atoms with E-state index in [1.54, 1.807) is 6.07 Å². The number of fused-ring (bicyclic) bond motifs is 1. The Morgan fingerprint density at radius 2 is 1.81 bits per heavy atom. The van der Waals surface area contributed by atoms with E-state index in [0.717, 1.165) is 22.3 Å². The summed E-state index contributed by atoms with van der Waals surface area (Å²) in [7, 11) is 0. The average molecular weight is 347 g/mol. The van der Waals surface area contributed by atoms with E-state index in [4.69, 9.17) is 10.3 Å². The van der Waals surface area contributed by atoms with Crippen LogP contribution < -0.4 is 16.4 Å². The van der Waals surface area contributed by atoms with Crippen molar-refractivity contribution in [1.29, 1.82) is 0 Å². The maximum Gasteiger partial charge on any atom is 0.175 e. The van der Waals surface area contributed by atoms with Gasteiger partial charge in [-0.15, -0.1) is 0 Å². The van der Waals surface area contributed by atoms with Crippen LogP contribution in [0.5, 0.6) is 0 Å². The molecule has 0 amide bonds. The zero-order chi connectivity index (χ0) is 18.1. The van der Waals surface area contributed by atoms with Crippen LogP contribution in [0.25, 0.3) is 10.9 Å². The quantitative estimate of drug-likeness (QED) is 0.512. The number of anilines is 5. The van der Waals surface area contributed by atoms with Gasteiger partial charge in [-0.2, -0.15) is 0 Å². The number of nitrogens with one attached hydrogen (secondary N) is 2. The predicted octanol–water partition coefficient (Wildman–Crippen LogP) is 3.70. The van der Waals surface area contributed by atoms with E-state index < -0.39 is 0 Å². The maximum absolute atomic E-state index is 6.23. The van der Waals surface area contributed by atoms with Gasteiger partial charge in [0, 0.05) is 17.1 Å². The molecule has 0 aliphatic heterocycles.